The van der Waals surface area contributed by atoms with Crippen LogP contribution in [0.5, 0.6) is 0 Å². The minimum absolute atomic E-state index is 0.0283. The second-order valence-electron chi connectivity index (χ2n) is 11.5. The average molecular weight is 618 g/mol. The summed E-state index contributed by atoms with van der Waals surface area (Å²) in [6, 6.07) is 5.52. The molecule has 0 radical (unpaired) electrons. The van der Waals surface area contributed by atoms with Crippen LogP contribution in [0.3, 0.4) is 0 Å². The van der Waals surface area contributed by atoms with Crippen molar-refractivity contribution in [3.05, 3.63) is 29.3 Å². The van der Waals surface area contributed by atoms with E-state index in [-0.39, 0.29) is 35.8 Å². The van der Waals surface area contributed by atoms with Gasteiger partial charge in [0.15, 0.2) is 5.78 Å². The van der Waals surface area contributed by atoms with E-state index in [1.807, 2.05) is 39.0 Å². The van der Waals surface area contributed by atoms with Gasteiger partial charge in [0, 0.05) is 69.2 Å². The van der Waals surface area contributed by atoms with E-state index in [1.54, 1.807) is 6.92 Å². The van der Waals surface area contributed by atoms with Crippen LogP contribution >= 0.6 is 0 Å². The summed E-state index contributed by atoms with van der Waals surface area (Å²) in [5, 5.41) is 2.90. The van der Waals surface area contributed by atoms with Crippen LogP contribution in [0.25, 0.3) is 0 Å². The molecule has 1 aliphatic heterocycles. The Bertz CT molecular complexity index is 991. The van der Waals surface area contributed by atoms with E-state index in [0.29, 0.717) is 63.2 Å². The number of hydrogen-bond acceptors (Lipinski definition) is 8. The number of unbranched alkanes of at least 4 members (excludes halogenated alkanes) is 1. The van der Waals surface area contributed by atoms with Crippen molar-refractivity contribution in [1.29, 1.82) is 0 Å². The normalized spacial score (nSPS) is 14.4. The van der Waals surface area contributed by atoms with Crippen LogP contribution in [-0.2, 0) is 30.3 Å². The smallest absolute Gasteiger partial charge is 0.250 e. The lowest BCUT2D eigenvalue weighted by Gasteiger charge is -2.33. The highest BCUT2D eigenvalue weighted by molar-refractivity contribution is 6.00. The Kier molecular flexibility index (Phi) is 21.5. The first kappa shape index (κ1) is 39.6. The fraction of sp³-hybridized carbons (Fsp3) is 0.714. The Labute approximate surface area is 266 Å². The molecule has 1 fully saturated rings. The molecule has 0 saturated carbocycles. The largest absolute Gasteiger partial charge is 0.378 e. The summed E-state index contributed by atoms with van der Waals surface area (Å²) in [4.78, 5) is 51.5. The zero-order valence-electron chi connectivity index (χ0n) is 28.4. The molecule has 1 heterocycles. The van der Waals surface area contributed by atoms with Gasteiger partial charge < -0.3 is 19.7 Å². The number of rotatable bonds is 21. The first-order valence-corrected chi connectivity index (χ1v) is 16.7. The van der Waals surface area contributed by atoms with Crippen molar-refractivity contribution >= 4 is 28.9 Å². The molecular weight excluding hydrogens is 558 g/mol. The van der Waals surface area contributed by atoms with Crippen LogP contribution < -0.4 is 5.32 Å². The minimum atomic E-state index is -0.216. The fourth-order valence-electron chi connectivity index (χ4n) is 4.90. The monoisotopic (exact) mass is 617 g/mol. The second kappa shape index (κ2) is 23.9. The van der Waals surface area contributed by atoms with Crippen LogP contribution in [0.15, 0.2) is 18.2 Å². The predicted octanol–water partition coefficient (Wildman–Crippen LogP) is 5.59. The van der Waals surface area contributed by atoms with Crippen molar-refractivity contribution in [1.82, 2.24) is 9.80 Å². The summed E-state index contributed by atoms with van der Waals surface area (Å²) in [5.74, 6) is 0.433. The zero-order chi connectivity index (χ0) is 32.7. The number of nitrogens with one attached hydrogen (secondary N) is 1. The SMILES string of the molecule is CCCC(=O)CCC(C)C(C)=O.CCCCC(=O)c1cccc(NC(=O)COCCOCCN2CCN(CC)CC2)c1CC. The van der Waals surface area contributed by atoms with Crippen molar-refractivity contribution in [2.45, 2.75) is 92.9 Å². The highest BCUT2D eigenvalue weighted by Crippen LogP contribution is 2.23. The lowest BCUT2D eigenvalue weighted by molar-refractivity contribution is -0.122. The molecule has 250 valence electrons. The topological polar surface area (TPSA) is 105 Å². The number of ketones is 3. The lowest BCUT2D eigenvalue weighted by Crippen LogP contribution is -2.47. The molecular formula is C35H59N3O6. The Balaban J connectivity index is 0.000000681. The highest BCUT2D eigenvalue weighted by Gasteiger charge is 2.16. The molecule has 2 rings (SSSR count). The van der Waals surface area contributed by atoms with Gasteiger partial charge >= 0.3 is 0 Å². The number of hydrogen-bond donors (Lipinski definition) is 1. The van der Waals surface area contributed by atoms with Crippen molar-refractivity contribution in [3.63, 3.8) is 0 Å². The third kappa shape index (κ3) is 16.6. The number of benzene rings is 1. The quantitative estimate of drug-likeness (QED) is 0.141. The number of carbonyl (C=O) groups excluding carboxylic acids is 4. The van der Waals surface area contributed by atoms with Gasteiger partial charge in [0.2, 0.25) is 5.91 Å². The van der Waals surface area contributed by atoms with Gasteiger partial charge in [-0.05, 0) is 50.8 Å². The van der Waals surface area contributed by atoms with Gasteiger partial charge in [-0.1, -0.05) is 53.2 Å². The van der Waals surface area contributed by atoms with E-state index in [9.17, 15) is 19.2 Å². The zero-order valence-corrected chi connectivity index (χ0v) is 28.4. The molecule has 9 nitrogen and oxygen atoms in total. The second-order valence-corrected chi connectivity index (χ2v) is 11.5. The van der Waals surface area contributed by atoms with Crippen LogP contribution in [0, 0.1) is 5.92 Å². The molecule has 1 atom stereocenters. The maximum absolute atomic E-state index is 12.5. The predicted molar refractivity (Wildman–Crippen MR) is 177 cm³/mol. The number of nitrogens with zero attached hydrogens (tertiary/aromatic N) is 2. The van der Waals surface area contributed by atoms with Crippen molar-refractivity contribution < 1.29 is 28.7 Å². The fourth-order valence-corrected chi connectivity index (χ4v) is 4.90. The van der Waals surface area contributed by atoms with Crippen LogP contribution in [0.1, 0.15) is 102 Å². The van der Waals surface area contributed by atoms with Crippen LogP contribution in [0.4, 0.5) is 5.69 Å². The summed E-state index contributed by atoms with van der Waals surface area (Å²) in [6.45, 7) is 19.7. The van der Waals surface area contributed by atoms with E-state index < -0.39 is 0 Å². The molecule has 9 heteroatoms. The number of piperazine rings is 1. The molecule has 1 N–H and O–H groups in total. The molecule has 1 aliphatic rings. The number of anilines is 1. The Morgan fingerprint density at radius 3 is 2.16 bits per heavy atom. The standard InChI is InChI=1S/C25H41N3O4.C10H18O2/c1-4-7-11-24(29)22-9-8-10-23(21(22)5-2)26-25(30)20-32-19-18-31-17-16-28-14-12-27(6-3)13-15-28;1-4-5-10(12)7-6-8(2)9(3)11/h8-10H,4-7,11-20H2,1-3H3,(H,26,30);8H,4-7H2,1-3H3. The van der Waals surface area contributed by atoms with Gasteiger partial charge in [-0.2, -0.15) is 0 Å². The van der Waals surface area contributed by atoms with Gasteiger partial charge in [-0.15, -0.1) is 0 Å². The van der Waals surface area contributed by atoms with E-state index in [2.05, 4.69) is 29.0 Å². The third-order valence-electron chi connectivity index (χ3n) is 8.01. The minimum Gasteiger partial charge on any atom is -0.378 e. The van der Waals surface area contributed by atoms with Crippen molar-refractivity contribution in [2.24, 2.45) is 5.92 Å². The van der Waals surface area contributed by atoms with E-state index >= 15 is 0 Å². The van der Waals surface area contributed by atoms with Crippen molar-refractivity contribution in [3.8, 4) is 0 Å². The maximum atomic E-state index is 12.5. The summed E-state index contributed by atoms with van der Waals surface area (Å²) < 4.78 is 11.1. The first-order chi connectivity index (χ1) is 21.2. The molecule has 0 aliphatic carbocycles. The lowest BCUT2D eigenvalue weighted by atomic mass is 9.97. The van der Waals surface area contributed by atoms with Crippen LogP contribution in [-0.4, -0.2) is 98.8 Å². The summed E-state index contributed by atoms with van der Waals surface area (Å²) in [7, 11) is 0. The van der Waals surface area contributed by atoms with Crippen molar-refractivity contribution in [2.75, 3.05) is 71.0 Å². The van der Waals surface area contributed by atoms with E-state index in [4.69, 9.17) is 9.47 Å². The van der Waals surface area contributed by atoms with E-state index in [0.717, 1.165) is 64.1 Å². The first-order valence-electron chi connectivity index (χ1n) is 16.7. The summed E-state index contributed by atoms with van der Waals surface area (Å²) in [5.41, 5.74) is 2.30. The maximum Gasteiger partial charge on any atom is 0.250 e. The number of likely N-dealkylation sites (N-methyl/N-ethyl adjacent to an activating group) is 1. The van der Waals surface area contributed by atoms with Crippen LogP contribution in [0.2, 0.25) is 0 Å². The van der Waals surface area contributed by atoms with Gasteiger partial charge in [0.1, 0.15) is 18.2 Å². The molecule has 1 saturated heterocycles. The highest BCUT2D eigenvalue weighted by atomic mass is 16.5. The molecule has 44 heavy (non-hydrogen) atoms. The molecule has 0 bridgehead atoms. The number of Topliss-reactive ketones (excluding diaryl/α,β-unsaturated/α-hetero) is 3. The summed E-state index contributed by atoms with van der Waals surface area (Å²) in [6.07, 6.45) is 5.94. The van der Waals surface area contributed by atoms with Gasteiger partial charge in [-0.3, -0.25) is 24.1 Å². The molecule has 1 unspecified atom stereocenters. The molecule has 1 aromatic carbocycles. The average Bonchev–Trinajstić information content (AvgIpc) is 3.02. The van der Waals surface area contributed by atoms with Gasteiger partial charge in [0.05, 0.1) is 19.8 Å². The molecule has 0 spiro atoms. The Morgan fingerprint density at radius 2 is 1.55 bits per heavy atom. The number of carbonyl (C=O) groups is 4. The third-order valence-corrected chi connectivity index (χ3v) is 8.01. The van der Waals surface area contributed by atoms with Gasteiger partial charge in [-0.25, -0.2) is 0 Å². The molecule has 1 aromatic rings. The Hall–Kier alpha value is -2.46. The number of amides is 1. The Morgan fingerprint density at radius 1 is 0.864 bits per heavy atom. The molecule has 0 aromatic heterocycles. The van der Waals surface area contributed by atoms with Gasteiger partial charge in [0.25, 0.3) is 0 Å². The summed E-state index contributed by atoms with van der Waals surface area (Å²) >= 11 is 0. The molecule has 1 amide bonds. The van der Waals surface area contributed by atoms with E-state index in [1.165, 1.54) is 0 Å². The number of ether oxygens (including phenoxy) is 2.